The predicted octanol–water partition coefficient (Wildman–Crippen LogP) is 3.89. The lowest BCUT2D eigenvalue weighted by Gasteiger charge is -2.02. The summed E-state index contributed by atoms with van der Waals surface area (Å²) in [5, 5.41) is 2.77. The summed E-state index contributed by atoms with van der Waals surface area (Å²) in [5.41, 5.74) is 3.63. The molecule has 0 heterocycles. The number of carbonyl (C=O) groups is 1. The van der Waals surface area contributed by atoms with Gasteiger partial charge in [-0.2, -0.15) is 0 Å². The fourth-order valence-electron chi connectivity index (χ4n) is 1.97. The second-order valence-electron chi connectivity index (χ2n) is 4.66. The molecule has 2 nitrogen and oxygen atoms in total. The summed E-state index contributed by atoms with van der Waals surface area (Å²) in [6.07, 6.45) is 5.00. The molecule has 2 heteroatoms. The van der Waals surface area contributed by atoms with Crippen LogP contribution in [-0.2, 0) is 4.79 Å². The maximum Gasteiger partial charge on any atom is 0.216 e. The highest BCUT2D eigenvalue weighted by atomic mass is 16.1. The SMILES string of the molecule is CC(=O)NCCC=Cc1ccc(-c2ccccc2)cc1. The van der Waals surface area contributed by atoms with E-state index < -0.39 is 0 Å². The van der Waals surface area contributed by atoms with Gasteiger partial charge in [0.1, 0.15) is 0 Å². The summed E-state index contributed by atoms with van der Waals surface area (Å²) in [7, 11) is 0. The Kier molecular flexibility index (Phi) is 5.13. The molecule has 0 aliphatic rings. The van der Waals surface area contributed by atoms with Gasteiger partial charge in [-0.1, -0.05) is 66.7 Å². The van der Waals surface area contributed by atoms with Crippen molar-refractivity contribution in [2.24, 2.45) is 0 Å². The van der Waals surface area contributed by atoms with Gasteiger partial charge in [0.15, 0.2) is 0 Å². The molecule has 0 saturated carbocycles. The zero-order valence-corrected chi connectivity index (χ0v) is 11.7. The molecule has 0 fully saturated rings. The minimum Gasteiger partial charge on any atom is -0.356 e. The molecule has 1 amide bonds. The maximum atomic E-state index is 10.7. The molecule has 0 aromatic heterocycles. The lowest BCUT2D eigenvalue weighted by molar-refractivity contribution is -0.118. The van der Waals surface area contributed by atoms with Gasteiger partial charge in [-0.05, 0) is 23.1 Å². The first kappa shape index (κ1) is 14.1. The molecular formula is C18H19NO. The molecule has 0 bridgehead atoms. The van der Waals surface area contributed by atoms with Crippen LogP contribution in [0.2, 0.25) is 0 Å². The zero-order chi connectivity index (χ0) is 14.2. The largest absolute Gasteiger partial charge is 0.356 e. The summed E-state index contributed by atoms with van der Waals surface area (Å²) < 4.78 is 0. The first-order chi connectivity index (χ1) is 9.75. The van der Waals surface area contributed by atoms with Crippen LogP contribution < -0.4 is 5.32 Å². The Morgan fingerprint density at radius 2 is 1.65 bits per heavy atom. The normalized spacial score (nSPS) is 10.7. The van der Waals surface area contributed by atoms with Crippen molar-refractivity contribution < 1.29 is 4.79 Å². The van der Waals surface area contributed by atoms with Crippen molar-refractivity contribution in [3.05, 3.63) is 66.2 Å². The molecule has 1 N–H and O–H groups in total. The van der Waals surface area contributed by atoms with Crippen LogP contribution in [0.4, 0.5) is 0 Å². The lowest BCUT2D eigenvalue weighted by Crippen LogP contribution is -2.20. The van der Waals surface area contributed by atoms with Crippen LogP contribution in [0.5, 0.6) is 0 Å². The van der Waals surface area contributed by atoms with Gasteiger partial charge in [0.05, 0.1) is 0 Å². The molecule has 0 radical (unpaired) electrons. The fourth-order valence-corrected chi connectivity index (χ4v) is 1.97. The molecule has 0 aliphatic heterocycles. The standard InChI is InChI=1S/C18H19NO/c1-15(20)19-14-6-5-7-16-10-12-18(13-11-16)17-8-3-2-4-9-17/h2-5,7-13H,6,14H2,1H3,(H,19,20). The van der Waals surface area contributed by atoms with Gasteiger partial charge in [0.2, 0.25) is 5.91 Å². The average Bonchev–Trinajstić information content (AvgIpc) is 2.48. The highest BCUT2D eigenvalue weighted by molar-refractivity contribution is 5.72. The van der Waals surface area contributed by atoms with E-state index in [1.54, 1.807) is 0 Å². The van der Waals surface area contributed by atoms with Crippen LogP contribution in [-0.4, -0.2) is 12.5 Å². The van der Waals surface area contributed by atoms with Gasteiger partial charge in [-0.25, -0.2) is 0 Å². The lowest BCUT2D eigenvalue weighted by atomic mass is 10.0. The Hall–Kier alpha value is -2.35. The topological polar surface area (TPSA) is 29.1 Å². The average molecular weight is 265 g/mol. The number of nitrogens with one attached hydrogen (secondary N) is 1. The Labute approximate surface area is 120 Å². The van der Waals surface area contributed by atoms with Gasteiger partial charge >= 0.3 is 0 Å². The van der Waals surface area contributed by atoms with Gasteiger partial charge in [-0.15, -0.1) is 0 Å². The Balaban J connectivity index is 1.92. The molecule has 0 spiro atoms. The summed E-state index contributed by atoms with van der Waals surface area (Å²) in [5.74, 6) is 0.0191. The minimum atomic E-state index is 0.0191. The van der Waals surface area contributed by atoms with Crippen LogP contribution >= 0.6 is 0 Å². The molecule has 102 valence electrons. The van der Waals surface area contributed by atoms with E-state index in [1.165, 1.54) is 23.6 Å². The molecule has 0 unspecified atom stereocenters. The highest BCUT2D eigenvalue weighted by Gasteiger charge is 1.95. The van der Waals surface area contributed by atoms with Gasteiger partial charge < -0.3 is 5.32 Å². The van der Waals surface area contributed by atoms with Crippen molar-refractivity contribution in [3.8, 4) is 11.1 Å². The van der Waals surface area contributed by atoms with Gasteiger partial charge in [0, 0.05) is 13.5 Å². The second kappa shape index (κ2) is 7.29. The zero-order valence-electron chi connectivity index (χ0n) is 11.7. The molecule has 0 atom stereocenters. The van der Waals surface area contributed by atoms with Gasteiger partial charge in [-0.3, -0.25) is 4.79 Å². The maximum absolute atomic E-state index is 10.7. The van der Waals surface area contributed by atoms with E-state index in [0.717, 1.165) is 6.42 Å². The fraction of sp³-hybridized carbons (Fsp3) is 0.167. The Morgan fingerprint density at radius 3 is 2.30 bits per heavy atom. The minimum absolute atomic E-state index is 0.0191. The first-order valence-corrected chi connectivity index (χ1v) is 6.82. The first-order valence-electron chi connectivity index (χ1n) is 6.82. The smallest absolute Gasteiger partial charge is 0.216 e. The van der Waals surface area contributed by atoms with Crippen molar-refractivity contribution in [1.82, 2.24) is 5.32 Å². The molecule has 2 rings (SSSR count). The number of rotatable bonds is 5. The van der Waals surface area contributed by atoms with Crippen LogP contribution in [0.1, 0.15) is 18.9 Å². The summed E-state index contributed by atoms with van der Waals surface area (Å²) in [6.45, 7) is 2.22. The number of benzene rings is 2. The molecule has 20 heavy (non-hydrogen) atoms. The second-order valence-corrected chi connectivity index (χ2v) is 4.66. The van der Waals surface area contributed by atoms with Crippen molar-refractivity contribution in [2.75, 3.05) is 6.54 Å². The summed E-state index contributed by atoms with van der Waals surface area (Å²) >= 11 is 0. The van der Waals surface area contributed by atoms with Crippen molar-refractivity contribution in [3.63, 3.8) is 0 Å². The summed E-state index contributed by atoms with van der Waals surface area (Å²) in [4.78, 5) is 10.7. The monoisotopic (exact) mass is 265 g/mol. The van der Waals surface area contributed by atoms with Crippen molar-refractivity contribution >= 4 is 12.0 Å². The van der Waals surface area contributed by atoms with E-state index in [9.17, 15) is 4.79 Å². The molecule has 2 aromatic rings. The molecule has 0 saturated heterocycles. The van der Waals surface area contributed by atoms with Crippen LogP contribution in [0.25, 0.3) is 17.2 Å². The Morgan fingerprint density at radius 1 is 1.00 bits per heavy atom. The third-order valence-electron chi connectivity index (χ3n) is 3.01. The van der Waals surface area contributed by atoms with Crippen LogP contribution in [0.15, 0.2) is 60.7 Å². The third kappa shape index (κ3) is 4.39. The molecule has 2 aromatic carbocycles. The summed E-state index contributed by atoms with van der Waals surface area (Å²) in [6, 6.07) is 18.8. The number of carbonyl (C=O) groups excluding carboxylic acids is 1. The van der Waals surface area contributed by atoms with Crippen LogP contribution in [0, 0.1) is 0 Å². The Bertz CT molecular complexity index is 570. The number of hydrogen-bond donors (Lipinski definition) is 1. The molecular weight excluding hydrogens is 246 g/mol. The van der Waals surface area contributed by atoms with E-state index in [1.807, 2.05) is 18.2 Å². The predicted molar refractivity (Wildman–Crippen MR) is 84.2 cm³/mol. The van der Waals surface area contributed by atoms with Crippen molar-refractivity contribution in [1.29, 1.82) is 0 Å². The van der Waals surface area contributed by atoms with Crippen molar-refractivity contribution in [2.45, 2.75) is 13.3 Å². The van der Waals surface area contributed by atoms with Gasteiger partial charge in [0.25, 0.3) is 0 Å². The molecule has 0 aliphatic carbocycles. The van der Waals surface area contributed by atoms with E-state index in [-0.39, 0.29) is 5.91 Å². The number of amides is 1. The highest BCUT2D eigenvalue weighted by Crippen LogP contribution is 2.19. The van der Waals surface area contributed by atoms with E-state index in [0.29, 0.717) is 6.54 Å². The van der Waals surface area contributed by atoms with Crippen LogP contribution in [0.3, 0.4) is 0 Å². The van der Waals surface area contributed by atoms with E-state index >= 15 is 0 Å². The number of hydrogen-bond acceptors (Lipinski definition) is 1. The third-order valence-corrected chi connectivity index (χ3v) is 3.01. The van der Waals surface area contributed by atoms with E-state index in [2.05, 4.69) is 53.9 Å². The van der Waals surface area contributed by atoms with E-state index in [4.69, 9.17) is 0 Å². The quantitative estimate of drug-likeness (QED) is 0.816.